The fourth-order valence-corrected chi connectivity index (χ4v) is 4.16. The predicted octanol–water partition coefficient (Wildman–Crippen LogP) is 1.94. The number of hydrogen-bond acceptors (Lipinski definition) is 4. The molecule has 0 unspecified atom stereocenters. The van der Waals surface area contributed by atoms with E-state index in [-0.39, 0.29) is 16.7 Å². The highest BCUT2D eigenvalue weighted by molar-refractivity contribution is 7.91. The maximum absolute atomic E-state index is 12.1. The number of likely N-dealkylation sites (N-methyl/N-ethyl adjacent to an activating group) is 1. The molecular weight excluding hydrogens is 308 g/mol. The second-order valence-corrected chi connectivity index (χ2v) is 8.01. The summed E-state index contributed by atoms with van der Waals surface area (Å²) in [4.78, 5) is 11.6. The Bertz CT molecular complexity index is 528. The van der Waals surface area contributed by atoms with Crippen molar-refractivity contribution >= 4 is 38.9 Å². The highest BCUT2D eigenvalue weighted by atomic mass is 35.5. The summed E-state index contributed by atoms with van der Waals surface area (Å²) in [5.74, 6) is -0.304. The van der Waals surface area contributed by atoms with E-state index in [1.807, 2.05) is 6.92 Å². The third kappa shape index (κ3) is 4.76. The Labute approximate surface area is 122 Å². The van der Waals surface area contributed by atoms with Gasteiger partial charge in [0.2, 0.25) is 5.91 Å². The highest BCUT2D eigenvalue weighted by Gasteiger charge is 2.24. The maximum atomic E-state index is 12.1. The first-order valence-corrected chi connectivity index (χ1v) is 8.49. The van der Waals surface area contributed by atoms with E-state index >= 15 is 0 Å². The molecule has 5 nitrogen and oxygen atoms in total. The van der Waals surface area contributed by atoms with Gasteiger partial charge in [0.25, 0.3) is 10.0 Å². The maximum Gasteiger partial charge on any atom is 0.252 e. The fraction of sp³-hybridized carbons (Fsp3) is 0.545. The van der Waals surface area contributed by atoms with Crippen LogP contribution in [0.4, 0.5) is 0 Å². The van der Waals surface area contributed by atoms with Gasteiger partial charge < -0.3 is 5.32 Å². The molecule has 1 aromatic rings. The molecule has 0 saturated heterocycles. The monoisotopic (exact) mass is 324 g/mol. The molecule has 0 aliphatic heterocycles. The van der Waals surface area contributed by atoms with Crippen LogP contribution in [0.3, 0.4) is 0 Å². The van der Waals surface area contributed by atoms with Gasteiger partial charge in [0.1, 0.15) is 4.21 Å². The average Bonchev–Trinajstić information content (AvgIpc) is 2.76. The van der Waals surface area contributed by atoms with Crippen LogP contribution in [0.25, 0.3) is 0 Å². The lowest BCUT2D eigenvalue weighted by Gasteiger charge is -2.15. The van der Waals surface area contributed by atoms with Crippen molar-refractivity contribution in [3.05, 3.63) is 16.5 Å². The molecule has 0 aliphatic rings. The van der Waals surface area contributed by atoms with Gasteiger partial charge in [-0.1, -0.05) is 24.9 Å². The zero-order valence-electron chi connectivity index (χ0n) is 10.8. The third-order valence-corrected chi connectivity index (χ3v) is 5.93. The molecule has 1 rings (SSSR count). The van der Waals surface area contributed by atoms with E-state index in [9.17, 15) is 13.2 Å². The smallest absolute Gasteiger partial charge is 0.252 e. The summed E-state index contributed by atoms with van der Waals surface area (Å²) < 4.78 is 25.8. The largest absolute Gasteiger partial charge is 0.355 e. The second-order valence-electron chi connectivity index (χ2n) is 4.02. The van der Waals surface area contributed by atoms with E-state index in [0.717, 1.165) is 28.5 Å². The Balaban J connectivity index is 2.62. The minimum absolute atomic E-state index is 0.140. The zero-order chi connectivity index (χ0) is 14.5. The topological polar surface area (TPSA) is 66.5 Å². The first kappa shape index (κ1) is 16.4. The first-order valence-electron chi connectivity index (χ1n) is 5.86. The normalized spacial score (nSPS) is 11.8. The van der Waals surface area contributed by atoms with Crippen LogP contribution in [0.15, 0.2) is 16.3 Å². The van der Waals surface area contributed by atoms with Crippen LogP contribution in [0, 0.1) is 0 Å². The number of hydrogen-bond donors (Lipinski definition) is 1. The van der Waals surface area contributed by atoms with E-state index in [1.54, 1.807) is 0 Å². The van der Waals surface area contributed by atoms with Gasteiger partial charge in [-0.15, -0.1) is 11.3 Å². The number of carbonyl (C=O) groups is 1. The molecule has 1 amide bonds. The summed E-state index contributed by atoms with van der Waals surface area (Å²) in [7, 11) is -2.26. The van der Waals surface area contributed by atoms with Crippen LogP contribution >= 0.6 is 22.9 Å². The molecule has 8 heteroatoms. The van der Waals surface area contributed by atoms with Gasteiger partial charge in [-0.25, -0.2) is 8.42 Å². The van der Waals surface area contributed by atoms with Crippen molar-refractivity contribution in [3.8, 4) is 0 Å². The Kier molecular flexibility index (Phi) is 6.25. The van der Waals surface area contributed by atoms with Crippen LogP contribution in [-0.2, 0) is 14.8 Å². The quantitative estimate of drug-likeness (QED) is 0.779. The minimum Gasteiger partial charge on any atom is -0.355 e. The molecule has 0 spiro atoms. The molecule has 0 aliphatic carbocycles. The van der Waals surface area contributed by atoms with Crippen molar-refractivity contribution in [1.29, 1.82) is 0 Å². The van der Waals surface area contributed by atoms with Gasteiger partial charge >= 0.3 is 0 Å². The summed E-state index contributed by atoms with van der Waals surface area (Å²) in [6.45, 7) is 2.39. The van der Waals surface area contributed by atoms with E-state index in [4.69, 9.17) is 11.6 Å². The standard InChI is InChI=1S/C11H17ClN2O3S2/c1-3-4-7-13-10(15)8-14(2)19(16,17)11-6-5-9(12)18-11/h5-6H,3-4,7-8H2,1-2H3,(H,13,15). The van der Waals surface area contributed by atoms with Gasteiger partial charge in [-0.3, -0.25) is 4.79 Å². The van der Waals surface area contributed by atoms with Gasteiger partial charge in [0, 0.05) is 13.6 Å². The van der Waals surface area contributed by atoms with Crippen LogP contribution in [-0.4, -0.2) is 38.8 Å². The van der Waals surface area contributed by atoms with Crippen molar-refractivity contribution in [2.24, 2.45) is 0 Å². The van der Waals surface area contributed by atoms with Gasteiger partial charge in [-0.2, -0.15) is 4.31 Å². The van der Waals surface area contributed by atoms with Gasteiger partial charge in [0.05, 0.1) is 10.9 Å². The molecule has 0 radical (unpaired) electrons. The summed E-state index contributed by atoms with van der Waals surface area (Å²) in [5.41, 5.74) is 0. The number of rotatable bonds is 7. The molecule has 19 heavy (non-hydrogen) atoms. The van der Waals surface area contributed by atoms with E-state index in [0.29, 0.717) is 10.9 Å². The highest BCUT2D eigenvalue weighted by Crippen LogP contribution is 2.27. The summed E-state index contributed by atoms with van der Waals surface area (Å²) in [6.07, 6.45) is 1.85. The number of carbonyl (C=O) groups excluding carboxylic acids is 1. The summed E-state index contributed by atoms with van der Waals surface area (Å²) in [5, 5.41) is 2.68. The SMILES string of the molecule is CCCCNC(=O)CN(C)S(=O)(=O)c1ccc(Cl)s1. The average molecular weight is 325 g/mol. The third-order valence-electron chi connectivity index (χ3n) is 2.43. The van der Waals surface area contributed by atoms with Gasteiger partial charge in [-0.05, 0) is 18.6 Å². The van der Waals surface area contributed by atoms with Gasteiger partial charge in [0.15, 0.2) is 0 Å². The Morgan fingerprint density at radius 2 is 2.16 bits per heavy atom. The van der Waals surface area contributed by atoms with Crippen LogP contribution in [0.2, 0.25) is 4.34 Å². The molecule has 0 saturated carbocycles. The first-order chi connectivity index (χ1) is 8.87. The Morgan fingerprint density at radius 1 is 1.47 bits per heavy atom. The number of thiophene rings is 1. The molecule has 0 atom stereocenters. The molecule has 0 fully saturated rings. The molecule has 108 valence electrons. The predicted molar refractivity (Wildman–Crippen MR) is 77.1 cm³/mol. The Morgan fingerprint density at radius 3 is 2.68 bits per heavy atom. The lowest BCUT2D eigenvalue weighted by atomic mass is 10.3. The molecule has 1 heterocycles. The van der Waals surface area contributed by atoms with E-state index in [2.05, 4.69) is 5.32 Å². The zero-order valence-corrected chi connectivity index (χ0v) is 13.2. The number of amides is 1. The van der Waals surface area contributed by atoms with Crippen molar-refractivity contribution in [3.63, 3.8) is 0 Å². The molecule has 1 aromatic heterocycles. The second kappa shape index (κ2) is 7.23. The number of sulfonamides is 1. The lowest BCUT2D eigenvalue weighted by molar-refractivity contribution is -0.121. The van der Waals surface area contributed by atoms with Crippen LogP contribution in [0.1, 0.15) is 19.8 Å². The van der Waals surface area contributed by atoms with Crippen LogP contribution in [0.5, 0.6) is 0 Å². The van der Waals surface area contributed by atoms with E-state index in [1.165, 1.54) is 19.2 Å². The van der Waals surface area contributed by atoms with Crippen molar-refractivity contribution in [1.82, 2.24) is 9.62 Å². The Hall–Kier alpha value is -0.630. The van der Waals surface area contributed by atoms with E-state index < -0.39 is 10.0 Å². The van der Waals surface area contributed by atoms with Crippen molar-refractivity contribution < 1.29 is 13.2 Å². The van der Waals surface area contributed by atoms with Crippen LogP contribution < -0.4 is 5.32 Å². The fourth-order valence-electron chi connectivity index (χ4n) is 1.34. The molecular formula is C11H17ClN2O3S2. The molecule has 1 N–H and O–H groups in total. The number of nitrogens with one attached hydrogen (secondary N) is 1. The van der Waals surface area contributed by atoms with Crippen molar-refractivity contribution in [2.75, 3.05) is 20.1 Å². The minimum atomic E-state index is -3.64. The summed E-state index contributed by atoms with van der Waals surface area (Å²) >= 11 is 6.69. The number of halogens is 1. The molecule has 0 aromatic carbocycles. The number of nitrogens with zero attached hydrogens (tertiary/aromatic N) is 1. The lowest BCUT2D eigenvalue weighted by Crippen LogP contribution is -2.38. The molecule has 0 bridgehead atoms. The summed E-state index contributed by atoms with van der Waals surface area (Å²) in [6, 6.07) is 2.96. The number of unbranched alkanes of at least 4 members (excludes halogenated alkanes) is 1. The van der Waals surface area contributed by atoms with Crippen molar-refractivity contribution in [2.45, 2.75) is 24.0 Å².